The van der Waals surface area contributed by atoms with Gasteiger partial charge in [0.25, 0.3) is 5.56 Å². The first-order chi connectivity index (χ1) is 13.5. The van der Waals surface area contributed by atoms with Crippen LogP contribution in [0, 0.1) is 0 Å². The van der Waals surface area contributed by atoms with Crippen LogP contribution in [0.4, 0.5) is 5.69 Å². The molecule has 7 nitrogen and oxygen atoms in total. The molecule has 4 rings (SSSR count). The highest BCUT2D eigenvalue weighted by Gasteiger charge is 2.27. The molecule has 0 saturated heterocycles. The maximum atomic E-state index is 13.1. The molecule has 0 bridgehead atoms. The quantitative estimate of drug-likeness (QED) is 0.734. The molecule has 7 heteroatoms. The summed E-state index contributed by atoms with van der Waals surface area (Å²) in [4.78, 5) is 44.8. The van der Waals surface area contributed by atoms with Crippen molar-refractivity contribution >= 4 is 22.5 Å². The maximum Gasteiger partial charge on any atom is 0.329 e. The van der Waals surface area contributed by atoms with Gasteiger partial charge in [0, 0.05) is 31.9 Å². The van der Waals surface area contributed by atoms with E-state index < -0.39 is 11.2 Å². The summed E-state index contributed by atoms with van der Waals surface area (Å²) in [5.74, 6) is -0.250. The summed E-state index contributed by atoms with van der Waals surface area (Å²) < 4.78 is 0.984. The number of amides is 1. The van der Waals surface area contributed by atoms with Crippen molar-refractivity contribution in [2.45, 2.75) is 26.1 Å². The van der Waals surface area contributed by atoms with Gasteiger partial charge in [0.05, 0.1) is 10.9 Å². The number of rotatable bonds is 2. The second-order valence-electron chi connectivity index (χ2n) is 7.25. The van der Waals surface area contributed by atoms with Crippen LogP contribution in [0.25, 0.3) is 10.9 Å². The first-order valence-corrected chi connectivity index (χ1v) is 9.26. The van der Waals surface area contributed by atoms with Crippen LogP contribution in [0.15, 0.2) is 58.1 Å². The zero-order valence-electron chi connectivity index (χ0n) is 15.9. The number of aromatic nitrogens is 2. The standard InChI is InChI=1S/C21H22N4O3/c1-14-11-23(2)18-10-6-3-7-15(18)12-24(14)19(26)13-25-20(27)16-8-4-5-9-17(16)22-21(25)28/h3-10,14H,11-13H2,1-2H3,(H,22,28)/t14-/m0/s1. The number of carbonyl (C=O) groups excluding carboxylic acids is 1. The molecule has 0 saturated carbocycles. The van der Waals surface area contributed by atoms with Crippen molar-refractivity contribution in [2.75, 3.05) is 18.5 Å². The van der Waals surface area contributed by atoms with Crippen molar-refractivity contribution in [1.82, 2.24) is 14.5 Å². The van der Waals surface area contributed by atoms with Gasteiger partial charge in [0.15, 0.2) is 0 Å². The fraction of sp³-hybridized carbons (Fsp3) is 0.286. The topological polar surface area (TPSA) is 78.4 Å². The molecule has 1 aromatic heterocycles. The SMILES string of the molecule is C[C@H]1CN(C)c2ccccc2CN1C(=O)Cn1c(=O)[nH]c2ccccc2c1=O. The summed E-state index contributed by atoms with van der Waals surface area (Å²) in [5.41, 5.74) is 1.58. The molecular weight excluding hydrogens is 356 g/mol. The Morgan fingerprint density at radius 3 is 2.64 bits per heavy atom. The van der Waals surface area contributed by atoms with Gasteiger partial charge < -0.3 is 14.8 Å². The van der Waals surface area contributed by atoms with E-state index in [-0.39, 0.29) is 18.5 Å². The van der Waals surface area contributed by atoms with E-state index in [0.29, 0.717) is 24.0 Å². The Morgan fingerprint density at radius 2 is 1.82 bits per heavy atom. The van der Waals surface area contributed by atoms with Crippen molar-refractivity contribution in [3.8, 4) is 0 Å². The first kappa shape index (κ1) is 18.0. The predicted molar refractivity (Wildman–Crippen MR) is 109 cm³/mol. The predicted octanol–water partition coefficient (Wildman–Crippen LogP) is 1.56. The average molecular weight is 378 g/mol. The van der Waals surface area contributed by atoms with Gasteiger partial charge in [0.1, 0.15) is 6.54 Å². The number of aromatic amines is 1. The van der Waals surface area contributed by atoms with Crippen molar-refractivity contribution in [1.29, 1.82) is 0 Å². The van der Waals surface area contributed by atoms with Crippen LogP contribution in [0.5, 0.6) is 0 Å². The monoisotopic (exact) mass is 378 g/mol. The van der Waals surface area contributed by atoms with E-state index in [0.717, 1.165) is 15.8 Å². The summed E-state index contributed by atoms with van der Waals surface area (Å²) >= 11 is 0. The normalized spacial score (nSPS) is 16.7. The van der Waals surface area contributed by atoms with Crippen LogP contribution in [-0.4, -0.2) is 40.0 Å². The summed E-state index contributed by atoms with van der Waals surface area (Å²) in [5, 5.41) is 0.392. The zero-order valence-corrected chi connectivity index (χ0v) is 15.9. The van der Waals surface area contributed by atoms with Crippen molar-refractivity contribution < 1.29 is 4.79 Å². The lowest BCUT2D eigenvalue weighted by atomic mass is 10.1. The molecule has 144 valence electrons. The third kappa shape index (κ3) is 3.09. The minimum Gasteiger partial charge on any atom is -0.372 e. The first-order valence-electron chi connectivity index (χ1n) is 9.26. The van der Waals surface area contributed by atoms with E-state index in [9.17, 15) is 14.4 Å². The zero-order chi connectivity index (χ0) is 19.8. The molecule has 0 spiro atoms. The number of nitrogens with zero attached hydrogens (tertiary/aromatic N) is 3. The Hall–Kier alpha value is -3.35. The Balaban J connectivity index is 1.68. The van der Waals surface area contributed by atoms with E-state index in [1.807, 2.05) is 38.2 Å². The van der Waals surface area contributed by atoms with Gasteiger partial charge in [-0.2, -0.15) is 0 Å². The van der Waals surface area contributed by atoms with Crippen LogP contribution < -0.4 is 16.1 Å². The Labute approximate surface area is 161 Å². The number of hydrogen-bond acceptors (Lipinski definition) is 4. The highest BCUT2D eigenvalue weighted by molar-refractivity contribution is 5.79. The molecule has 1 aliphatic rings. The summed E-state index contributed by atoms with van der Waals surface area (Å²) in [6.45, 7) is 2.81. The highest BCUT2D eigenvalue weighted by atomic mass is 16.2. The Morgan fingerprint density at radius 1 is 1.11 bits per heavy atom. The average Bonchev–Trinajstić information content (AvgIpc) is 2.81. The Bertz CT molecular complexity index is 1160. The number of H-pyrrole nitrogens is 1. The molecule has 0 unspecified atom stereocenters. The summed E-state index contributed by atoms with van der Waals surface area (Å²) in [7, 11) is 2.00. The molecule has 1 aliphatic heterocycles. The molecule has 1 amide bonds. The molecule has 3 aromatic rings. The lowest BCUT2D eigenvalue weighted by Gasteiger charge is -2.28. The molecule has 1 N–H and O–H groups in total. The lowest BCUT2D eigenvalue weighted by Crippen LogP contribution is -2.46. The number of anilines is 1. The smallest absolute Gasteiger partial charge is 0.329 e. The number of para-hydroxylation sites is 2. The van der Waals surface area contributed by atoms with Gasteiger partial charge in [-0.3, -0.25) is 14.2 Å². The van der Waals surface area contributed by atoms with Crippen molar-refractivity contribution in [3.05, 3.63) is 74.9 Å². The second kappa shape index (κ2) is 6.99. The number of carbonyl (C=O) groups is 1. The van der Waals surface area contributed by atoms with E-state index in [1.54, 1.807) is 29.2 Å². The van der Waals surface area contributed by atoms with Crippen LogP contribution in [-0.2, 0) is 17.9 Å². The third-order valence-corrected chi connectivity index (χ3v) is 5.32. The molecule has 0 fully saturated rings. The van der Waals surface area contributed by atoms with E-state index in [4.69, 9.17) is 0 Å². The van der Waals surface area contributed by atoms with Gasteiger partial charge in [-0.15, -0.1) is 0 Å². The van der Waals surface area contributed by atoms with Crippen LogP contribution >= 0.6 is 0 Å². The molecule has 1 atom stereocenters. The molecule has 28 heavy (non-hydrogen) atoms. The second-order valence-corrected chi connectivity index (χ2v) is 7.25. The molecule has 2 aromatic carbocycles. The molecular formula is C21H22N4O3. The molecule has 0 aliphatic carbocycles. The maximum absolute atomic E-state index is 13.1. The number of likely N-dealkylation sites (N-methyl/N-ethyl adjacent to an activating group) is 1. The summed E-state index contributed by atoms with van der Waals surface area (Å²) in [6, 6.07) is 14.7. The highest BCUT2D eigenvalue weighted by Crippen LogP contribution is 2.26. The molecule has 0 radical (unpaired) electrons. The van der Waals surface area contributed by atoms with E-state index >= 15 is 0 Å². The largest absolute Gasteiger partial charge is 0.372 e. The van der Waals surface area contributed by atoms with E-state index in [2.05, 4.69) is 9.88 Å². The molecule has 2 heterocycles. The van der Waals surface area contributed by atoms with Crippen LogP contribution in [0.2, 0.25) is 0 Å². The Kier molecular flexibility index (Phi) is 4.50. The fourth-order valence-electron chi connectivity index (χ4n) is 3.85. The number of nitrogens with one attached hydrogen (secondary N) is 1. The fourth-order valence-corrected chi connectivity index (χ4v) is 3.85. The number of benzene rings is 2. The van der Waals surface area contributed by atoms with Gasteiger partial charge in [0.2, 0.25) is 5.91 Å². The third-order valence-electron chi connectivity index (χ3n) is 5.32. The van der Waals surface area contributed by atoms with Gasteiger partial charge >= 0.3 is 5.69 Å². The number of hydrogen-bond donors (Lipinski definition) is 1. The van der Waals surface area contributed by atoms with Gasteiger partial charge in [-0.25, -0.2) is 4.79 Å². The van der Waals surface area contributed by atoms with E-state index in [1.165, 1.54) is 0 Å². The van der Waals surface area contributed by atoms with Crippen molar-refractivity contribution in [3.63, 3.8) is 0 Å². The lowest BCUT2D eigenvalue weighted by molar-refractivity contribution is -0.134. The minimum atomic E-state index is -0.572. The van der Waals surface area contributed by atoms with Crippen LogP contribution in [0.3, 0.4) is 0 Å². The van der Waals surface area contributed by atoms with Gasteiger partial charge in [-0.05, 0) is 30.7 Å². The van der Waals surface area contributed by atoms with Crippen LogP contribution in [0.1, 0.15) is 12.5 Å². The van der Waals surface area contributed by atoms with Gasteiger partial charge in [-0.1, -0.05) is 30.3 Å². The van der Waals surface area contributed by atoms with Crippen molar-refractivity contribution in [2.24, 2.45) is 0 Å². The summed E-state index contributed by atoms with van der Waals surface area (Å²) in [6.07, 6.45) is 0. The minimum absolute atomic E-state index is 0.0554. The number of fused-ring (bicyclic) bond motifs is 2.